The molecule has 7 heteroatoms. The zero-order valence-corrected chi connectivity index (χ0v) is 11.7. The lowest BCUT2D eigenvalue weighted by molar-refractivity contribution is -0.116. The second kappa shape index (κ2) is 5.69. The van der Waals surface area contributed by atoms with Crippen LogP contribution in [0.15, 0.2) is 23.1 Å². The van der Waals surface area contributed by atoms with Gasteiger partial charge in [-0.15, -0.1) is 0 Å². The summed E-state index contributed by atoms with van der Waals surface area (Å²) in [6.07, 6.45) is 0.298. The Morgan fingerprint density at radius 3 is 2.56 bits per heavy atom. The Morgan fingerprint density at radius 1 is 1.44 bits per heavy atom. The van der Waals surface area contributed by atoms with Gasteiger partial charge < -0.3 is 5.32 Å². The monoisotopic (exact) mass is 290 g/mol. The van der Waals surface area contributed by atoms with E-state index in [1.807, 2.05) is 13.8 Å². The molecular formula is C11H15ClN2O3S. The van der Waals surface area contributed by atoms with Crippen molar-refractivity contribution in [1.29, 1.82) is 0 Å². The van der Waals surface area contributed by atoms with Crippen LogP contribution >= 0.6 is 11.6 Å². The molecule has 0 atom stereocenters. The molecule has 3 N–H and O–H groups in total. The zero-order chi connectivity index (χ0) is 13.9. The minimum absolute atomic E-state index is 0.146. The number of halogens is 1. The van der Waals surface area contributed by atoms with E-state index in [-0.39, 0.29) is 27.4 Å². The number of nitrogens with two attached hydrogens (primary N) is 1. The highest BCUT2D eigenvalue weighted by atomic mass is 35.5. The summed E-state index contributed by atoms with van der Waals surface area (Å²) in [5.74, 6) is -0.0903. The molecule has 0 spiro atoms. The van der Waals surface area contributed by atoms with Crippen LogP contribution in [0.1, 0.15) is 20.3 Å². The smallest absolute Gasteiger partial charge is 0.240 e. The number of sulfonamides is 1. The molecule has 1 aromatic rings. The fourth-order valence-electron chi connectivity index (χ4n) is 1.41. The molecule has 0 aliphatic rings. The Bertz CT molecular complexity index is 555. The molecule has 0 unspecified atom stereocenters. The molecule has 0 heterocycles. The van der Waals surface area contributed by atoms with E-state index < -0.39 is 10.0 Å². The van der Waals surface area contributed by atoms with E-state index in [1.54, 1.807) is 0 Å². The number of rotatable bonds is 4. The van der Waals surface area contributed by atoms with Crippen LogP contribution in [-0.2, 0) is 14.8 Å². The van der Waals surface area contributed by atoms with Gasteiger partial charge in [0.1, 0.15) is 4.90 Å². The van der Waals surface area contributed by atoms with Gasteiger partial charge in [-0.3, -0.25) is 4.79 Å². The number of carbonyl (C=O) groups excluding carboxylic acids is 1. The van der Waals surface area contributed by atoms with E-state index in [0.717, 1.165) is 0 Å². The number of carbonyl (C=O) groups is 1. The van der Waals surface area contributed by atoms with Gasteiger partial charge in [-0.25, -0.2) is 13.6 Å². The van der Waals surface area contributed by atoms with Gasteiger partial charge >= 0.3 is 0 Å². The molecule has 0 aliphatic heterocycles. The molecule has 0 saturated heterocycles. The molecule has 1 amide bonds. The molecular weight excluding hydrogens is 276 g/mol. The predicted octanol–water partition coefficient (Wildman–Crippen LogP) is 1.97. The van der Waals surface area contributed by atoms with E-state index in [4.69, 9.17) is 16.7 Å². The molecule has 0 aromatic heterocycles. The number of anilines is 1. The van der Waals surface area contributed by atoms with Crippen molar-refractivity contribution in [3.05, 3.63) is 23.2 Å². The maximum atomic E-state index is 11.6. The minimum atomic E-state index is -3.93. The zero-order valence-electron chi connectivity index (χ0n) is 10.1. The molecule has 0 bridgehead atoms. The Balaban J connectivity index is 3.06. The van der Waals surface area contributed by atoms with Crippen LogP contribution in [0, 0.1) is 5.92 Å². The van der Waals surface area contributed by atoms with Gasteiger partial charge in [0.15, 0.2) is 0 Å². The SMILES string of the molecule is CC(C)CC(=O)Nc1ccc(Cl)cc1S(N)(=O)=O. The first-order valence-corrected chi connectivity index (χ1v) is 7.25. The molecule has 1 aromatic carbocycles. The summed E-state index contributed by atoms with van der Waals surface area (Å²) < 4.78 is 22.8. The van der Waals surface area contributed by atoms with E-state index in [2.05, 4.69) is 5.32 Å². The van der Waals surface area contributed by atoms with Crippen molar-refractivity contribution >= 4 is 33.2 Å². The van der Waals surface area contributed by atoms with Gasteiger partial charge in [0.2, 0.25) is 15.9 Å². The highest BCUT2D eigenvalue weighted by molar-refractivity contribution is 7.89. The van der Waals surface area contributed by atoms with Crippen molar-refractivity contribution in [3.63, 3.8) is 0 Å². The molecule has 0 radical (unpaired) electrons. The summed E-state index contributed by atoms with van der Waals surface area (Å²) in [5, 5.41) is 7.82. The van der Waals surface area contributed by atoms with Crippen molar-refractivity contribution in [2.75, 3.05) is 5.32 Å². The van der Waals surface area contributed by atoms with E-state index in [9.17, 15) is 13.2 Å². The van der Waals surface area contributed by atoms with Crippen LogP contribution in [0.25, 0.3) is 0 Å². The third-order valence-electron chi connectivity index (χ3n) is 2.12. The Kier molecular flexibility index (Phi) is 4.72. The summed E-state index contributed by atoms with van der Waals surface area (Å²) in [4.78, 5) is 11.4. The first-order valence-electron chi connectivity index (χ1n) is 5.32. The van der Waals surface area contributed by atoms with Gasteiger partial charge in [0.25, 0.3) is 0 Å². The van der Waals surface area contributed by atoms with Crippen molar-refractivity contribution < 1.29 is 13.2 Å². The van der Waals surface area contributed by atoms with Gasteiger partial charge in [-0.05, 0) is 24.1 Å². The van der Waals surface area contributed by atoms with Crippen molar-refractivity contribution in [3.8, 4) is 0 Å². The van der Waals surface area contributed by atoms with Gasteiger partial charge in [0.05, 0.1) is 5.69 Å². The predicted molar refractivity (Wildman–Crippen MR) is 70.9 cm³/mol. The first kappa shape index (κ1) is 14.9. The van der Waals surface area contributed by atoms with Crippen molar-refractivity contribution in [2.24, 2.45) is 11.1 Å². The van der Waals surface area contributed by atoms with Crippen LogP contribution in [-0.4, -0.2) is 14.3 Å². The van der Waals surface area contributed by atoms with E-state index >= 15 is 0 Å². The summed E-state index contributed by atoms with van der Waals surface area (Å²) >= 11 is 5.71. The highest BCUT2D eigenvalue weighted by Crippen LogP contribution is 2.24. The van der Waals surface area contributed by atoms with E-state index in [1.165, 1.54) is 18.2 Å². The molecule has 0 saturated carbocycles. The summed E-state index contributed by atoms with van der Waals surface area (Å²) in [6, 6.07) is 4.11. The van der Waals surface area contributed by atoms with E-state index in [0.29, 0.717) is 6.42 Å². The summed E-state index contributed by atoms with van der Waals surface area (Å²) in [6.45, 7) is 3.78. The van der Waals surface area contributed by atoms with Crippen LogP contribution in [0.4, 0.5) is 5.69 Å². The maximum Gasteiger partial charge on any atom is 0.240 e. The lowest BCUT2D eigenvalue weighted by atomic mass is 10.1. The average Bonchev–Trinajstić information content (AvgIpc) is 2.17. The molecule has 18 heavy (non-hydrogen) atoms. The van der Waals surface area contributed by atoms with Crippen LogP contribution in [0.5, 0.6) is 0 Å². The van der Waals surface area contributed by atoms with Crippen molar-refractivity contribution in [2.45, 2.75) is 25.2 Å². The Morgan fingerprint density at radius 2 is 2.06 bits per heavy atom. The second-order valence-corrected chi connectivity index (χ2v) is 6.30. The molecule has 100 valence electrons. The summed E-state index contributed by atoms with van der Waals surface area (Å²) in [5.41, 5.74) is 0.146. The quantitative estimate of drug-likeness (QED) is 0.888. The maximum absolute atomic E-state index is 11.6. The van der Waals surface area contributed by atoms with Crippen molar-refractivity contribution in [1.82, 2.24) is 0 Å². The molecule has 5 nitrogen and oxygen atoms in total. The molecule has 0 aliphatic carbocycles. The second-order valence-electron chi connectivity index (χ2n) is 4.33. The number of hydrogen-bond donors (Lipinski definition) is 2. The van der Waals surface area contributed by atoms with Crippen LogP contribution < -0.4 is 10.5 Å². The normalized spacial score (nSPS) is 11.6. The number of primary sulfonamides is 1. The molecule has 1 rings (SSSR count). The fourth-order valence-corrected chi connectivity index (χ4v) is 2.36. The van der Waals surface area contributed by atoms with Crippen LogP contribution in [0.2, 0.25) is 5.02 Å². The highest BCUT2D eigenvalue weighted by Gasteiger charge is 2.16. The number of nitrogens with one attached hydrogen (secondary N) is 1. The molecule has 0 fully saturated rings. The standard InChI is InChI=1S/C11H15ClN2O3S/c1-7(2)5-11(15)14-9-4-3-8(12)6-10(9)18(13,16)17/h3-4,6-7H,5H2,1-2H3,(H,14,15)(H2,13,16,17). The third-order valence-corrected chi connectivity index (χ3v) is 3.30. The third kappa shape index (κ3) is 4.29. The first-order chi connectivity index (χ1) is 8.20. The topological polar surface area (TPSA) is 89.3 Å². The minimum Gasteiger partial charge on any atom is -0.325 e. The Labute approximate surface area is 111 Å². The number of hydrogen-bond acceptors (Lipinski definition) is 3. The van der Waals surface area contributed by atoms with Crippen LogP contribution in [0.3, 0.4) is 0 Å². The summed E-state index contributed by atoms with van der Waals surface area (Å²) in [7, 11) is -3.93. The number of amides is 1. The van der Waals surface area contributed by atoms with Gasteiger partial charge in [-0.1, -0.05) is 25.4 Å². The Hall–Kier alpha value is -1.11. The lowest BCUT2D eigenvalue weighted by Gasteiger charge is -2.11. The van der Waals surface area contributed by atoms with Gasteiger partial charge in [-0.2, -0.15) is 0 Å². The average molecular weight is 291 g/mol. The number of benzene rings is 1. The lowest BCUT2D eigenvalue weighted by Crippen LogP contribution is -2.19. The fraction of sp³-hybridized carbons (Fsp3) is 0.364. The largest absolute Gasteiger partial charge is 0.325 e. The van der Waals surface area contributed by atoms with Gasteiger partial charge in [0, 0.05) is 11.4 Å².